The fourth-order valence-electron chi connectivity index (χ4n) is 1.56. The maximum atomic E-state index is 11.5. The Kier molecular flexibility index (Phi) is 11.7. The van der Waals surface area contributed by atoms with Gasteiger partial charge in [0.1, 0.15) is 6.10 Å². The van der Waals surface area contributed by atoms with Crippen molar-refractivity contribution in [2.24, 2.45) is 0 Å². The number of aliphatic hydroxyl groups excluding tert-OH is 1. The van der Waals surface area contributed by atoms with Crippen LogP contribution in [0.25, 0.3) is 0 Å². The fraction of sp³-hybridized carbons (Fsp3) is 0.867. The van der Waals surface area contributed by atoms with Gasteiger partial charge in [-0.15, -0.1) is 0 Å². The lowest BCUT2D eigenvalue weighted by Crippen LogP contribution is -2.27. The van der Waals surface area contributed by atoms with Crippen LogP contribution in [0.2, 0.25) is 0 Å². The Labute approximate surface area is 131 Å². The predicted molar refractivity (Wildman–Crippen MR) is 76.9 cm³/mol. The Bertz CT molecular complexity index is 319. The smallest absolute Gasteiger partial charge is 0.306 e. The number of aliphatic carboxylic acids is 1. The zero-order valence-corrected chi connectivity index (χ0v) is 13.6. The van der Waals surface area contributed by atoms with Crippen LogP contribution in [-0.4, -0.2) is 55.2 Å². The van der Waals surface area contributed by atoms with Crippen LogP contribution in [0, 0.1) is 0 Å². The van der Waals surface area contributed by atoms with E-state index in [1.165, 1.54) is 0 Å². The first-order valence-corrected chi connectivity index (χ1v) is 7.58. The van der Waals surface area contributed by atoms with Crippen LogP contribution < -0.4 is 5.11 Å². The standard InChI is InChI=1S/C15H28O7/c1-11(8-16)20-9-12(2)21-10-13(3)22-15(19)7-5-4-6-14(17)18/h11-13,16H,4-10H2,1-3H3,(H,17,18)/p-1. The molecule has 0 aromatic rings. The molecule has 22 heavy (non-hydrogen) atoms. The van der Waals surface area contributed by atoms with E-state index in [4.69, 9.17) is 19.3 Å². The first-order chi connectivity index (χ1) is 10.3. The molecule has 0 aromatic carbocycles. The van der Waals surface area contributed by atoms with E-state index in [-0.39, 0.29) is 50.3 Å². The predicted octanol–water partition coefficient (Wildman–Crippen LogP) is 0.0309. The number of carboxylic acids is 1. The molecule has 3 atom stereocenters. The molecule has 0 spiro atoms. The highest BCUT2D eigenvalue weighted by atomic mass is 16.6. The van der Waals surface area contributed by atoms with Gasteiger partial charge in [-0.25, -0.2) is 0 Å². The van der Waals surface area contributed by atoms with Gasteiger partial charge in [0, 0.05) is 12.4 Å². The third kappa shape index (κ3) is 12.6. The summed E-state index contributed by atoms with van der Waals surface area (Å²) in [5, 5.41) is 19.0. The molecule has 0 heterocycles. The number of aliphatic hydroxyl groups is 1. The van der Waals surface area contributed by atoms with Crippen molar-refractivity contribution < 1.29 is 34.0 Å². The number of hydrogen-bond acceptors (Lipinski definition) is 7. The van der Waals surface area contributed by atoms with Crippen LogP contribution in [-0.2, 0) is 23.8 Å². The molecule has 0 rings (SSSR count). The zero-order chi connectivity index (χ0) is 17.0. The van der Waals surface area contributed by atoms with Crippen molar-refractivity contribution >= 4 is 11.9 Å². The lowest BCUT2D eigenvalue weighted by molar-refractivity contribution is -0.305. The molecule has 0 saturated carbocycles. The minimum Gasteiger partial charge on any atom is -0.550 e. The lowest BCUT2D eigenvalue weighted by atomic mass is 10.2. The Morgan fingerprint density at radius 2 is 1.50 bits per heavy atom. The van der Waals surface area contributed by atoms with Gasteiger partial charge in [-0.1, -0.05) is 0 Å². The summed E-state index contributed by atoms with van der Waals surface area (Å²) in [6.07, 6.45) is 0.218. The highest BCUT2D eigenvalue weighted by Crippen LogP contribution is 2.04. The minimum atomic E-state index is -1.11. The number of esters is 1. The molecule has 7 nitrogen and oxygen atoms in total. The highest BCUT2D eigenvalue weighted by molar-refractivity contribution is 5.69. The van der Waals surface area contributed by atoms with Gasteiger partial charge in [0.25, 0.3) is 0 Å². The van der Waals surface area contributed by atoms with Gasteiger partial charge in [0.15, 0.2) is 0 Å². The molecule has 0 saturated heterocycles. The van der Waals surface area contributed by atoms with Crippen LogP contribution in [0.15, 0.2) is 0 Å². The number of carboxylic acid groups (broad SMARTS) is 1. The molecule has 0 aliphatic rings. The first kappa shape index (κ1) is 20.8. The first-order valence-electron chi connectivity index (χ1n) is 7.58. The number of rotatable bonds is 13. The summed E-state index contributed by atoms with van der Waals surface area (Å²) in [5.41, 5.74) is 0. The van der Waals surface area contributed by atoms with Gasteiger partial charge < -0.3 is 29.2 Å². The van der Waals surface area contributed by atoms with Crippen molar-refractivity contribution in [2.75, 3.05) is 19.8 Å². The van der Waals surface area contributed by atoms with Crippen LogP contribution >= 0.6 is 0 Å². The molecular formula is C15H27O7-. The molecule has 3 unspecified atom stereocenters. The average Bonchev–Trinajstić information content (AvgIpc) is 2.46. The molecule has 0 amide bonds. The molecule has 7 heteroatoms. The van der Waals surface area contributed by atoms with Gasteiger partial charge in [-0.05, 0) is 40.0 Å². The van der Waals surface area contributed by atoms with E-state index in [0.717, 1.165) is 0 Å². The Hall–Kier alpha value is -1.18. The monoisotopic (exact) mass is 319 g/mol. The molecule has 0 aliphatic carbocycles. The van der Waals surface area contributed by atoms with E-state index in [0.29, 0.717) is 19.4 Å². The maximum absolute atomic E-state index is 11.5. The second-order valence-electron chi connectivity index (χ2n) is 5.35. The number of carbonyl (C=O) groups is 2. The second kappa shape index (κ2) is 12.4. The summed E-state index contributed by atoms with van der Waals surface area (Å²) < 4.78 is 15.9. The van der Waals surface area contributed by atoms with Crippen LogP contribution in [0.3, 0.4) is 0 Å². The maximum Gasteiger partial charge on any atom is 0.306 e. The summed E-state index contributed by atoms with van der Waals surface area (Å²) in [4.78, 5) is 21.7. The molecule has 130 valence electrons. The number of unbranched alkanes of at least 4 members (excludes halogenated alkanes) is 1. The lowest BCUT2D eigenvalue weighted by Gasteiger charge is -2.19. The van der Waals surface area contributed by atoms with Crippen molar-refractivity contribution in [1.29, 1.82) is 0 Å². The van der Waals surface area contributed by atoms with Crippen molar-refractivity contribution in [3.8, 4) is 0 Å². The second-order valence-corrected chi connectivity index (χ2v) is 5.35. The van der Waals surface area contributed by atoms with Gasteiger partial charge in [0.05, 0.1) is 32.0 Å². The summed E-state index contributed by atoms with van der Waals surface area (Å²) in [6.45, 7) is 5.88. The number of hydrogen-bond donors (Lipinski definition) is 1. The minimum absolute atomic E-state index is 0.0430. The highest BCUT2D eigenvalue weighted by Gasteiger charge is 2.12. The van der Waals surface area contributed by atoms with E-state index in [2.05, 4.69) is 0 Å². The Morgan fingerprint density at radius 3 is 2.09 bits per heavy atom. The van der Waals surface area contributed by atoms with Crippen molar-refractivity contribution in [3.63, 3.8) is 0 Å². The topological polar surface area (TPSA) is 105 Å². The summed E-state index contributed by atoms with van der Waals surface area (Å²) in [6, 6.07) is 0. The van der Waals surface area contributed by atoms with Gasteiger partial charge >= 0.3 is 5.97 Å². The average molecular weight is 319 g/mol. The molecule has 0 aliphatic heterocycles. The molecule has 0 fully saturated rings. The molecular weight excluding hydrogens is 292 g/mol. The van der Waals surface area contributed by atoms with Crippen molar-refractivity contribution in [3.05, 3.63) is 0 Å². The Balaban J connectivity index is 3.68. The van der Waals surface area contributed by atoms with E-state index >= 15 is 0 Å². The third-order valence-electron chi connectivity index (χ3n) is 2.83. The SMILES string of the molecule is CC(CO)OCC(C)OCC(C)OC(=O)CCCCC(=O)[O-]. The quantitative estimate of drug-likeness (QED) is 0.377. The zero-order valence-electron chi connectivity index (χ0n) is 13.6. The van der Waals surface area contributed by atoms with Crippen molar-refractivity contribution in [2.45, 2.75) is 64.8 Å². The number of ether oxygens (including phenoxy) is 3. The fourth-order valence-corrected chi connectivity index (χ4v) is 1.56. The Morgan fingerprint density at radius 1 is 0.955 bits per heavy atom. The summed E-state index contributed by atoms with van der Waals surface area (Å²) in [5.74, 6) is -1.48. The summed E-state index contributed by atoms with van der Waals surface area (Å²) in [7, 11) is 0. The molecule has 0 radical (unpaired) electrons. The number of carbonyl (C=O) groups excluding carboxylic acids is 2. The molecule has 1 N–H and O–H groups in total. The third-order valence-corrected chi connectivity index (χ3v) is 2.83. The van der Waals surface area contributed by atoms with E-state index < -0.39 is 5.97 Å². The van der Waals surface area contributed by atoms with Gasteiger partial charge in [-0.2, -0.15) is 0 Å². The molecule has 0 bridgehead atoms. The van der Waals surface area contributed by atoms with Crippen LogP contribution in [0.4, 0.5) is 0 Å². The van der Waals surface area contributed by atoms with Crippen LogP contribution in [0.5, 0.6) is 0 Å². The van der Waals surface area contributed by atoms with Crippen LogP contribution in [0.1, 0.15) is 46.5 Å². The normalized spacial score (nSPS) is 15.1. The van der Waals surface area contributed by atoms with E-state index in [1.54, 1.807) is 13.8 Å². The van der Waals surface area contributed by atoms with E-state index in [1.807, 2.05) is 6.92 Å². The molecule has 0 aromatic heterocycles. The van der Waals surface area contributed by atoms with Gasteiger partial charge in [0.2, 0.25) is 0 Å². The van der Waals surface area contributed by atoms with E-state index in [9.17, 15) is 14.7 Å². The van der Waals surface area contributed by atoms with Gasteiger partial charge in [-0.3, -0.25) is 4.79 Å². The summed E-state index contributed by atoms with van der Waals surface area (Å²) >= 11 is 0. The largest absolute Gasteiger partial charge is 0.550 e. The van der Waals surface area contributed by atoms with Crippen molar-refractivity contribution in [1.82, 2.24) is 0 Å².